The number of aliphatic hydroxyl groups is 3. The molecule has 0 spiro atoms. The molecule has 4 heteroatoms. The van der Waals surface area contributed by atoms with E-state index >= 15 is 0 Å². The van der Waals surface area contributed by atoms with Crippen LogP contribution < -0.4 is 4.74 Å². The molecule has 0 amide bonds. The van der Waals surface area contributed by atoms with Crippen molar-refractivity contribution in [3.8, 4) is 5.75 Å². The van der Waals surface area contributed by atoms with Crippen molar-refractivity contribution < 1.29 is 20.1 Å². The van der Waals surface area contributed by atoms with Crippen LogP contribution in [0, 0.1) is 19.3 Å². The summed E-state index contributed by atoms with van der Waals surface area (Å²) in [5, 5.41) is 29.0. The van der Waals surface area contributed by atoms with Gasteiger partial charge in [-0.1, -0.05) is 65.0 Å². The van der Waals surface area contributed by atoms with Crippen molar-refractivity contribution in [2.45, 2.75) is 91.8 Å². The fourth-order valence-electron chi connectivity index (χ4n) is 4.58. The van der Waals surface area contributed by atoms with Crippen LogP contribution in [0.4, 0.5) is 0 Å². The second kappa shape index (κ2) is 11.5. The van der Waals surface area contributed by atoms with Crippen molar-refractivity contribution >= 4 is 0 Å². The number of ether oxygens (including phenoxy) is 1. The van der Waals surface area contributed by atoms with Crippen molar-refractivity contribution in [2.24, 2.45) is 5.41 Å². The lowest BCUT2D eigenvalue weighted by Crippen LogP contribution is -2.27. The summed E-state index contributed by atoms with van der Waals surface area (Å²) in [5.74, 6) is 0.733. The van der Waals surface area contributed by atoms with Crippen LogP contribution in [0.25, 0.3) is 0 Å². The van der Waals surface area contributed by atoms with E-state index in [0.29, 0.717) is 0 Å². The molecule has 2 aromatic carbocycles. The molecule has 0 radical (unpaired) electrons. The monoisotopic (exact) mass is 456 g/mol. The number of hydrogen-bond acceptors (Lipinski definition) is 4. The second-order valence-corrected chi connectivity index (χ2v) is 10.5. The molecular formula is C29H44O4. The van der Waals surface area contributed by atoms with Crippen molar-refractivity contribution in [3.63, 3.8) is 0 Å². The topological polar surface area (TPSA) is 69.9 Å². The highest BCUT2D eigenvalue weighted by Gasteiger charge is 2.31. The zero-order chi connectivity index (χ0) is 24.8. The van der Waals surface area contributed by atoms with Crippen molar-refractivity contribution in [1.29, 1.82) is 0 Å². The van der Waals surface area contributed by atoms with E-state index in [1.807, 2.05) is 13.0 Å². The molecule has 3 N–H and O–H groups in total. The Bertz CT molecular complexity index is 893. The Morgan fingerprint density at radius 3 is 1.94 bits per heavy atom. The predicted molar refractivity (Wildman–Crippen MR) is 136 cm³/mol. The number of benzene rings is 2. The van der Waals surface area contributed by atoms with Crippen LogP contribution >= 0.6 is 0 Å². The summed E-state index contributed by atoms with van der Waals surface area (Å²) < 4.78 is 5.70. The molecule has 0 saturated heterocycles. The molecule has 0 saturated carbocycles. The van der Waals surface area contributed by atoms with E-state index in [1.54, 1.807) is 0 Å². The fraction of sp³-hybridized carbons (Fsp3) is 0.586. The van der Waals surface area contributed by atoms with Gasteiger partial charge >= 0.3 is 0 Å². The zero-order valence-electron chi connectivity index (χ0n) is 21.6. The Kier molecular flexibility index (Phi) is 9.54. The molecule has 184 valence electrons. The first kappa shape index (κ1) is 27.4. The van der Waals surface area contributed by atoms with Gasteiger partial charge in [0.05, 0.1) is 12.7 Å². The normalized spacial score (nSPS) is 14.2. The standard InChI is InChI=1S/C29H44O4/c1-8-29(9-2,24-13-14-26(21(4)17-24)33-19-25(31)18-30)23-12-10-22(20(3)16-23)11-15-27(32)28(5,6)7/h10,12-14,16-17,25,27,30-32H,8-9,11,15,18-19H2,1-7H3/t25-,27-/m1/s1. The summed E-state index contributed by atoms with van der Waals surface area (Å²) in [7, 11) is 0. The Labute approximate surface area is 200 Å². The highest BCUT2D eigenvalue weighted by atomic mass is 16.5. The van der Waals surface area contributed by atoms with E-state index in [0.717, 1.165) is 37.0 Å². The fourth-order valence-corrected chi connectivity index (χ4v) is 4.58. The SMILES string of the molecule is CCC(CC)(c1ccc(CC[C@@H](O)C(C)(C)C)c(C)c1)c1ccc(OC[C@H](O)CO)c(C)c1. The second-order valence-electron chi connectivity index (χ2n) is 10.5. The van der Waals surface area contributed by atoms with Gasteiger partial charge in [0.1, 0.15) is 18.5 Å². The highest BCUT2D eigenvalue weighted by Crippen LogP contribution is 2.41. The molecule has 2 aromatic rings. The molecule has 0 aliphatic rings. The quantitative estimate of drug-likeness (QED) is 0.419. The summed E-state index contributed by atoms with van der Waals surface area (Å²) in [6.07, 6.45) is 2.41. The van der Waals surface area contributed by atoms with Gasteiger partial charge in [-0.25, -0.2) is 0 Å². The van der Waals surface area contributed by atoms with E-state index in [-0.39, 0.29) is 30.1 Å². The van der Waals surface area contributed by atoms with Crippen LogP contribution in [0.3, 0.4) is 0 Å². The highest BCUT2D eigenvalue weighted by molar-refractivity contribution is 5.47. The molecular weight excluding hydrogens is 412 g/mol. The number of aliphatic hydroxyl groups excluding tert-OH is 3. The number of aryl methyl sites for hydroxylation is 3. The average Bonchev–Trinajstić information content (AvgIpc) is 2.78. The Balaban J connectivity index is 2.31. The van der Waals surface area contributed by atoms with Crippen LogP contribution in [0.15, 0.2) is 36.4 Å². The van der Waals surface area contributed by atoms with Gasteiger partial charge in [0.2, 0.25) is 0 Å². The maximum absolute atomic E-state index is 10.4. The van der Waals surface area contributed by atoms with Crippen LogP contribution in [0.5, 0.6) is 5.75 Å². The van der Waals surface area contributed by atoms with E-state index in [9.17, 15) is 10.2 Å². The third-order valence-corrected chi connectivity index (χ3v) is 7.16. The minimum absolute atomic E-state index is 0.0773. The first-order valence-corrected chi connectivity index (χ1v) is 12.3. The third-order valence-electron chi connectivity index (χ3n) is 7.16. The number of hydrogen-bond donors (Lipinski definition) is 3. The molecule has 0 heterocycles. The van der Waals surface area contributed by atoms with Gasteiger partial charge in [-0.15, -0.1) is 0 Å². The van der Waals surface area contributed by atoms with Gasteiger partial charge in [-0.2, -0.15) is 0 Å². The van der Waals surface area contributed by atoms with Gasteiger partial charge in [0, 0.05) is 5.41 Å². The van der Waals surface area contributed by atoms with Gasteiger partial charge in [0.25, 0.3) is 0 Å². The van der Waals surface area contributed by atoms with Crippen molar-refractivity contribution in [3.05, 3.63) is 64.2 Å². The van der Waals surface area contributed by atoms with E-state index in [1.165, 1.54) is 22.3 Å². The summed E-state index contributed by atoms with van der Waals surface area (Å²) in [5.41, 5.74) is 5.97. The Morgan fingerprint density at radius 1 is 0.879 bits per heavy atom. The van der Waals surface area contributed by atoms with E-state index in [4.69, 9.17) is 9.84 Å². The molecule has 0 aromatic heterocycles. The molecule has 0 bridgehead atoms. The molecule has 0 unspecified atom stereocenters. The molecule has 0 aliphatic carbocycles. The third kappa shape index (κ3) is 6.59. The maximum atomic E-state index is 10.4. The van der Waals surface area contributed by atoms with Crippen LogP contribution in [-0.4, -0.2) is 40.7 Å². The van der Waals surface area contributed by atoms with Gasteiger partial charge in [-0.3, -0.25) is 0 Å². The minimum atomic E-state index is -0.875. The molecule has 0 fully saturated rings. The van der Waals surface area contributed by atoms with Gasteiger partial charge in [-0.05, 0) is 78.8 Å². The maximum Gasteiger partial charge on any atom is 0.122 e. The zero-order valence-corrected chi connectivity index (χ0v) is 21.6. The predicted octanol–water partition coefficient (Wildman–Crippen LogP) is 5.48. The molecule has 2 atom stereocenters. The smallest absolute Gasteiger partial charge is 0.122 e. The van der Waals surface area contributed by atoms with E-state index < -0.39 is 6.10 Å². The summed E-state index contributed by atoms with van der Waals surface area (Å²) in [6.45, 7) is 14.7. The van der Waals surface area contributed by atoms with Crippen molar-refractivity contribution in [1.82, 2.24) is 0 Å². The number of rotatable bonds is 11. The lowest BCUT2D eigenvalue weighted by molar-refractivity contribution is 0.0534. The first-order chi connectivity index (χ1) is 15.5. The molecule has 33 heavy (non-hydrogen) atoms. The first-order valence-electron chi connectivity index (χ1n) is 12.3. The Morgan fingerprint density at radius 2 is 1.45 bits per heavy atom. The summed E-state index contributed by atoms with van der Waals surface area (Å²) >= 11 is 0. The minimum Gasteiger partial charge on any atom is -0.491 e. The largest absolute Gasteiger partial charge is 0.491 e. The van der Waals surface area contributed by atoms with Crippen LogP contribution in [0.2, 0.25) is 0 Å². The van der Waals surface area contributed by atoms with E-state index in [2.05, 4.69) is 71.9 Å². The summed E-state index contributed by atoms with van der Waals surface area (Å²) in [4.78, 5) is 0. The lowest BCUT2D eigenvalue weighted by Gasteiger charge is -2.34. The van der Waals surface area contributed by atoms with Crippen molar-refractivity contribution in [2.75, 3.05) is 13.2 Å². The molecule has 0 aliphatic heterocycles. The average molecular weight is 457 g/mol. The van der Waals surface area contributed by atoms with Gasteiger partial charge < -0.3 is 20.1 Å². The lowest BCUT2D eigenvalue weighted by atomic mass is 9.69. The molecule has 2 rings (SSSR count). The molecule has 4 nitrogen and oxygen atoms in total. The van der Waals surface area contributed by atoms with Crippen LogP contribution in [0.1, 0.15) is 81.7 Å². The Hall–Kier alpha value is -1.88. The van der Waals surface area contributed by atoms with Crippen LogP contribution in [-0.2, 0) is 11.8 Å². The van der Waals surface area contributed by atoms with Gasteiger partial charge in [0.15, 0.2) is 0 Å². The summed E-state index contributed by atoms with van der Waals surface area (Å²) in [6, 6.07) is 13.1.